The zero-order valence-electron chi connectivity index (χ0n) is 15.6. The molecule has 1 saturated heterocycles. The summed E-state index contributed by atoms with van der Waals surface area (Å²) in [5.74, 6) is -1.72. The van der Waals surface area contributed by atoms with E-state index in [9.17, 15) is 14.4 Å². The van der Waals surface area contributed by atoms with Gasteiger partial charge in [-0.25, -0.2) is 4.79 Å². The molecule has 0 radical (unpaired) electrons. The van der Waals surface area contributed by atoms with Crippen molar-refractivity contribution in [3.8, 4) is 0 Å². The van der Waals surface area contributed by atoms with Crippen molar-refractivity contribution in [2.45, 2.75) is 13.5 Å². The van der Waals surface area contributed by atoms with Crippen molar-refractivity contribution in [3.05, 3.63) is 35.4 Å². The molecule has 1 aromatic rings. The van der Waals surface area contributed by atoms with Crippen LogP contribution < -0.4 is 0 Å². The first kappa shape index (κ1) is 21.0. The topological polar surface area (TPSA) is 101 Å². The fourth-order valence-electron chi connectivity index (χ4n) is 3.18. The van der Waals surface area contributed by atoms with Gasteiger partial charge in [-0.3, -0.25) is 24.3 Å². The van der Waals surface area contributed by atoms with Gasteiger partial charge < -0.3 is 10.2 Å². The molecule has 1 heterocycles. The maximum Gasteiger partial charge on any atom is 0.335 e. The number of aliphatic carboxylic acids is 1. The monoisotopic (exact) mass is 377 g/mol. The molecule has 1 fully saturated rings. The number of carboxylic acids is 2. The maximum atomic E-state index is 11.5. The smallest absolute Gasteiger partial charge is 0.335 e. The van der Waals surface area contributed by atoms with Gasteiger partial charge in [-0.05, 0) is 24.6 Å². The molecule has 0 spiro atoms. The fourth-order valence-corrected chi connectivity index (χ4v) is 3.18. The van der Waals surface area contributed by atoms with Gasteiger partial charge in [-0.2, -0.15) is 0 Å². The van der Waals surface area contributed by atoms with Crippen LogP contribution in [0.4, 0.5) is 0 Å². The summed E-state index contributed by atoms with van der Waals surface area (Å²) in [6.07, 6.45) is 0. The molecule has 0 bridgehead atoms. The standard InChI is InChI=1S/C19H27N3O5/c1-15(23)12-20-6-8-21(9-11-22(10-7-20)14-18(24)25)13-16-2-4-17(5-3-16)19(26)27/h2-5H,6-14H2,1H3,(H,24,25)(H,26,27). The number of rotatable bonds is 7. The Morgan fingerprint density at radius 2 is 1.30 bits per heavy atom. The van der Waals surface area contributed by atoms with E-state index in [0.29, 0.717) is 39.3 Å². The third-order valence-corrected chi connectivity index (χ3v) is 4.61. The van der Waals surface area contributed by atoms with Gasteiger partial charge in [-0.1, -0.05) is 12.1 Å². The quantitative estimate of drug-likeness (QED) is 0.708. The summed E-state index contributed by atoms with van der Waals surface area (Å²) in [5, 5.41) is 18.1. The van der Waals surface area contributed by atoms with E-state index in [-0.39, 0.29) is 17.9 Å². The lowest BCUT2D eigenvalue weighted by Gasteiger charge is -2.25. The Morgan fingerprint density at radius 3 is 1.74 bits per heavy atom. The van der Waals surface area contributed by atoms with Gasteiger partial charge in [-0.15, -0.1) is 0 Å². The van der Waals surface area contributed by atoms with Gasteiger partial charge in [0.1, 0.15) is 5.78 Å². The van der Waals surface area contributed by atoms with E-state index >= 15 is 0 Å². The van der Waals surface area contributed by atoms with Crippen molar-refractivity contribution in [2.75, 3.05) is 52.4 Å². The molecular formula is C19H27N3O5. The molecule has 0 aliphatic carbocycles. The number of Topliss-reactive ketones (excluding diaryl/α,β-unsaturated/α-hetero) is 1. The lowest BCUT2D eigenvalue weighted by molar-refractivity contribution is -0.138. The fraction of sp³-hybridized carbons (Fsp3) is 0.526. The van der Waals surface area contributed by atoms with Gasteiger partial charge in [0.05, 0.1) is 18.7 Å². The van der Waals surface area contributed by atoms with Crippen LogP contribution >= 0.6 is 0 Å². The van der Waals surface area contributed by atoms with Crippen molar-refractivity contribution < 1.29 is 24.6 Å². The molecule has 0 aromatic heterocycles. The number of carbonyl (C=O) groups excluding carboxylic acids is 1. The van der Waals surface area contributed by atoms with E-state index in [1.807, 2.05) is 4.90 Å². The molecule has 8 nitrogen and oxygen atoms in total. The molecule has 148 valence electrons. The third kappa shape index (κ3) is 7.46. The summed E-state index contributed by atoms with van der Waals surface area (Å²) in [6.45, 7) is 6.65. The molecular weight excluding hydrogens is 350 g/mol. The van der Waals surface area contributed by atoms with E-state index in [0.717, 1.165) is 18.7 Å². The van der Waals surface area contributed by atoms with E-state index in [1.165, 1.54) is 0 Å². The lowest BCUT2D eigenvalue weighted by Crippen LogP contribution is -2.40. The first-order valence-corrected chi connectivity index (χ1v) is 9.04. The second-order valence-corrected chi connectivity index (χ2v) is 6.93. The predicted molar refractivity (Wildman–Crippen MR) is 99.9 cm³/mol. The molecule has 2 rings (SSSR count). The van der Waals surface area contributed by atoms with E-state index in [4.69, 9.17) is 10.2 Å². The predicted octanol–water partition coefficient (Wildman–Crippen LogP) is 0.478. The molecule has 0 saturated carbocycles. The summed E-state index contributed by atoms with van der Waals surface area (Å²) < 4.78 is 0. The first-order valence-electron chi connectivity index (χ1n) is 9.04. The average molecular weight is 377 g/mol. The van der Waals surface area contributed by atoms with E-state index < -0.39 is 11.9 Å². The van der Waals surface area contributed by atoms with Crippen molar-refractivity contribution in [3.63, 3.8) is 0 Å². The van der Waals surface area contributed by atoms with Crippen LogP contribution in [0.15, 0.2) is 24.3 Å². The third-order valence-electron chi connectivity index (χ3n) is 4.61. The highest BCUT2D eigenvalue weighted by atomic mass is 16.4. The normalized spacial score (nSPS) is 17.7. The van der Waals surface area contributed by atoms with Gasteiger partial charge in [0.25, 0.3) is 0 Å². The minimum absolute atomic E-state index is 0.0188. The van der Waals surface area contributed by atoms with Crippen LogP contribution in [0, 0.1) is 0 Å². The summed E-state index contributed by atoms with van der Waals surface area (Å²) in [5.41, 5.74) is 1.26. The van der Waals surface area contributed by atoms with Crippen LogP contribution in [0.3, 0.4) is 0 Å². The Bertz CT molecular complexity index is 634. The second-order valence-electron chi connectivity index (χ2n) is 6.93. The van der Waals surface area contributed by atoms with Crippen molar-refractivity contribution in [1.82, 2.24) is 14.7 Å². The SMILES string of the molecule is CC(=O)CN1CCN(CC(=O)O)CCN(Cc2ccc(C(=O)O)cc2)CC1. The number of ketones is 1. The second kappa shape index (κ2) is 10.1. The Morgan fingerprint density at radius 1 is 0.815 bits per heavy atom. The highest BCUT2D eigenvalue weighted by Gasteiger charge is 2.19. The minimum Gasteiger partial charge on any atom is -0.480 e. The molecule has 1 aliphatic rings. The number of carboxylic acid groups (broad SMARTS) is 2. The van der Waals surface area contributed by atoms with Crippen LogP contribution in [0.2, 0.25) is 0 Å². The van der Waals surface area contributed by atoms with Crippen LogP contribution in [-0.2, 0) is 16.1 Å². The van der Waals surface area contributed by atoms with Crippen LogP contribution in [0.1, 0.15) is 22.8 Å². The summed E-state index contributed by atoms with van der Waals surface area (Å²) in [4.78, 5) is 39.7. The number of aromatic carboxylic acids is 1. The van der Waals surface area contributed by atoms with E-state index in [1.54, 1.807) is 31.2 Å². The Kier molecular flexibility index (Phi) is 7.90. The van der Waals surface area contributed by atoms with Gasteiger partial charge >= 0.3 is 11.9 Å². The van der Waals surface area contributed by atoms with Gasteiger partial charge in [0, 0.05) is 45.8 Å². The molecule has 1 aliphatic heterocycles. The Labute approximate surface area is 159 Å². The molecule has 27 heavy (non-hydrogen) atoms. The zero-order valence-corrected chi connectivity index (χ0v) is 15.6. The number of carbonyl (C=O) groups is 3. The summed E-state index contributed by atoms with van der Waals surface area (Å²) in [6, 6.07) is 6.79. The van der Waals surface area contributed by atoms with E-state index in [2.05, 4.69) is 9.80 Å². The minimum atomic E-state index is -0.950. The molecule has 0 atom stereocenters. The van der Waals surface area contributed by atoms with Crippen molar-refractivity contribution in [2.24, 2.45) is 0 Å². The Hall–Kier alpha value is -2.29. The summed E-state index contributed by atoms with van der Waals surface area (Å²) >= 11 is 0. The lowest BCUT2D eigenvalue weighted by atomic mass is 10.1. The average Bonchev–Trinajstić information content (AvgIpc) is 2.68. The van der Waals surface area contributed by atoms with Gasteiger partial charge in [0.15, 0.2) is 0 Å². The molecule has 0 unspecified atom stereocenters. The highest BCUT2D eigenvalue weighted by Crippen LogP contribution is 2.09. The van der Waals surface area contributed by atoms with Crippen molar-refractivity contribution >= 4 is 17.7 Å². The number of nitrogens with zero attached hydrogens (tertiary/aromatic N) is 3. The van der Waals surface area contributed by atoms with Crippen LogP contribution in [0.25, 0.3) is 0 Å². The number of benzene rings is 1. The van der Waals surface area contributed by atoms with Gasteiger partial charge in [0.2, 0.25) is 0 Å². The molecule has 1 aromatic carbocycles. The molecule has 2 N–H and O–H groups in total. The first-order chi connectivity index (χ1) is 12.8. The molecule has 0 amide bonds. The number of hydrogen-bond acceptors (Lipinski definition) is 6. The van der Waals surface area contributed by atoms with Crippen LogP contribution in [0.5, 0.6) is 0 Å². The van der Waals surface area contributed by atoms with Crippen LogP contribution in [-0.4, -0.2) is 95.0 Å². The van der Waals surface area contributed by atoms with Crippen molar-refractivity contribution in [1.29, 1.82) is 0 Å². The largest absolute Gasteiger partial charge is 0.480 e. The highest BCUT2D eigenvalue weighted by molar-refractivity contribution is 5.87. The summed E-state index contributed by atoms with van der Waals surface area (Å²) in [7, 11) is 0. The Balaban J connectivity index is 2.05. The zero-order chi connectivity index (χ0) is 19.8. The number of hydrogen-bond donors (Lipinski definition) is 2. The molecule has 8 heteroatoms. The maximum absolute atomic E-state index is 11.5.